The van der Waals surface area contributed by atoms with Crippen molar-refractivity contribution >= 4 is 11.6 Å². The monoisotopic (exact) mass is 340 g/mol. The molecule has 1 saturated carbocycles. The normalized spacial score (nSPS) is 17.0. The number of nitrogens with zero attached hydrogens (tertiary/aromatic N) is 1. The highest BCUT2D eigenvalue weighted by molar-refractivity contribution is 5.87. The molecule has 1 aliphatic rings. The maximum Gasteiger partial charge on any atom is 0.277 e. The molecule has 130 valence electrons. The predicted octanol–water partition coefficient (Wildman–Crippen LogP) is 4.03. The molecule has 25 heavy (non-hydrogen) atoms. The van der Waals surface area contributed by atoms with Crippen LogP contribution in [0.25, 0.3) is 0 Å². The smallest absolute Gasteiger partial charge is 0.277 e. The van der Waals surface area contributed by atoms with Crippen molar-refractivity contribution in [2.24, 2.45) is 5.10 Å². The van der Waals surface area contributed by atoms with Crippen LogP contribution in [-0.2, 0) is 4.79 Å². The molecule has 0 atom stereocenters. The van der Waals surface area contributed by atoms with Gasteiger partial charge in [-0.1, -0.05) is 30.3 Å². The van der Waals surface area contributed by atoms with Crippen molar-refractivity contribution in [3.8, 4) is 5.75 Å². The number of rotatable bonds is 5. The number of carbonyl (C=O) groups excluding carboxylic acids is 1. The Morgan fingerprint density at radius 3 is 2.44 bits per heavy atom. The third-order valence-corrected chi connectivity index (χ3v) is 4.36. The zero-order chi connectivity index (χ0) is 17.5. The summed E-state index contributed by atoms with van der Waals surface area (Å²) in [7, 11) is 0. The van der Waals surface area contributed by atoms with Crippen molar-refractivity contribution in [1.82, 2.24) is 5.43 Å². The SMILES string of the molecule is O=C(COc1ccc(F)cc1)NN=C1CCC(c2ccccc2)CC1. The minimum Gasteiger partial charge on any atom is -0.484 e. The molecule has 0 heterocycles. The molecule has 0 spiro atoms. The van der Waals surface area contributed by atoms with Gasteiger partial charge in [-0.3, -0.25) is 4.79 Å². The van der Waals surface area contributed by atoms with Gasteiger partial charge in [0.1, 0.15) is 11.6 Å². The summed E-state index contributed by atoms with van der Waals surface area (Å²) in [5.74, 6) is 0.363. The predicted molar refractivity (Wildman–Crippen MR) is 95.1 cm³/mol. The fourth-order valence-corrected chi connectivity index (χ4v) is 2.97. The molecule has 2 aromatic rings. The fourth-order valence-electron chi connectivity index (χ4n) is 2.97. The summed E-state index contributed by atoms with van der Waals surface area (Å²) >= 11 is 0. The number of halogens is 1. The number of benzene rings is 2. The van der Waals surface area contributed by atoms with Gasteiger partial charge >= 0.3 is 0 Å². The molecule has 0 unspecified atom stereocenters. The average Bonchev–Trinajstić information content (AvgIpc) is 2.67. The van der Waals surface area contributed by atoms with Crippen LogP contribution in [0.4, 0.5) is 4.39 Å². The van der Waals surface area contributed by atoms with Gasteiger partial charge in [0.15, 0.2) is 6.61 Å². The van der Waals surface area contributed by atoms with Crippen molar-refractivity contribution in [1.29, 1.82) is 0 Å². The number of carbonyl (C=O) groups is 1. The van der Waals surface area contributed by atoms with Gasteiger partial charge in [0.25, 0.3) is 5.91 Å². The van der Waals surface area contributed by atoms with Gasteiger partial charge in [-0.2, -0.15) is 5.10 Å². The van der Waals surface area contributed by atoms with Crippen LogP contribution >= 0.6 is 0 Å². The summed E-state index contributed by atoms with van der Waals surface area (Å²) in [5, 5.41) is 4.21. The van der Waals surface area contributed by atoms with Gasteiger partial charge < -0.3 is 4.74 Å². The Hall–Kier alpha value is -2.69. The Morgan fingerprint density at radius 2 is 1.76 bits per heavy atom. The second-order valence-corrected chi connectivity index (χ2v) is 6.14. The summed E-state index contributed by atoms with van der Waals surface area (Å²) in [6.07, 6.45) is 3.87. The van der Waals surface area contributed by atoms with Crippen LogP contribution in [0, 0.1) is 5.82 Å². The van der Waals surface area contributed by atoms with Gasteiger partial charge in [-0.25, -0.2) is 9.82 Å². The Labute approximate surface area is 146 Å². The molecule has 0 aliphatic heterocycles. The molecular weight excluding hydrogens is 319 g/mol. The van der Waals surface area contributed by atoms with Crippen LogP contribution in [0.2, 0.25) is 0 Å². The van der Waals surface area contributed by atoms with Crippen LogP contribution < -0.4 is 10.2 Å². The first-order valence-electron chi connectivity index (χ1n) is 8.48. The summed E-state index contributed by atoms with van der Waals surface area (Å²) in [6.45, 7) is -0.144. The summed E-state index contributed by atoms with van der Waals surface area (Å²) < 4.78 is 18.1. The zero-order valence-electron chi connectivity index (χ0n) is 14.0. The van der Waals surface area contributed by atoms with E-state index in [4.69, 9.17) is 4.74 Å². The number of hydrogen-bond donors (Lipinski definition) is 1. The van der Waals surface area contributed by atoms with E-state index in [9.17, 15) is 9.18 Å². The van der Waals surface area contributed by atoms with E-state index in [1.807, 2.05) is 6.07 Å². The van der Waals surface area contributed by atoms with Crippen molar-refractivity contribution < 1.29 is 13.9 Å². The highest BCUT2D eigenvalue weighted by Gasteiger charge is 2.19. The number of amides is 1. The molecule has 0 bridgehead atoms. The maximum atomic E-state index is 12.8. The lowest BCUT2D eigenvalue weighted by molar-refractivity contribution is -0.123. The molecule has 0 saturated heterocycles. The lowest BCUT2D eigenvalue weighted by atomic mass is 9.83. The summed E-state index contributed by atoms with van der Waals surface area (Å²) in [6, 6.07) is 16.1. The number of ether oxygens (including phenoxy) is 1. The molecule has 0 aromatic heterocycles. The molecule has 1 amide bonds. The highest BCUT2D eigenvalue weighted by atomic mass is 19.1. The second kappa shape index (κ2) is 8.42. The molecule has 0 radical (unpaired) electrons. The minimum absolute atomic E-state index is 0.144. The van der Waals surface area contributed by atoms with Crippen LogP contribution in [0.3, 0.4) is 0 Å². The first kappa shape index (κ1) is 17.1. The van der Waals surface area contributed by atoms with Gasteiger partial charge in [0.2, 0.25) is 0 Å². The molecule has 1 fully saturated rings. The molecule has 2 aromatic carbocycles. The average molecular weight is 340 g/mol. The fraction of sp³-hybridized carbons (Fsp3) is 0.300. The van der Waals surface area contributed by atoms with Crippen molar-refractivity contribution in [3.05, 3.63) is 66.0 Å². The van der Waals surface area contributed by atoms with Crippen LogP contribution in [0.1, 0.15) is 37.2 Å². The Bertz CT molecular complexity index is 719. The third-order valence-electron chi connectivity index (χ3n) is 4.36. The number of hydrazone groups is 1. The van der Waals surface area contributed by atoms with E-state index in [0.29, 0.717) is 11.7 Å². The quantitative estimate of drug-likeness (QED) is 0.835. The molecule has 1 aliphatic carbocycles. The van der Waals surface area contributed by atoms with E-state index in [1.54, 1.807) is 0 Å². The number of nitrogens with one attached hydrogen (secondary N) is 1. The molecular formula is C20H21FN2O2. The van der Waals surface area contributed by atoms with E-state index in [1.165, 1.54) is 29.8 Å². The molecule has 5 heteroatoms. The second-order valence-electron chi connectivity index (χ2n) is 6.14. The highest BCUT2D eigenvalue weighted by Crippen LogP contribution is 2.31. The Morgan fingerprint density at radius 1 is 1.08 bits per heavy atom. The Balaban J connectivity index is 1.42. The largest absolute Gasteiger partial charge is 0.484 e. The lowest BCUT2D eigenvalue weighted by Gasteiger charge is -2.23. The van der Waals surface area contributed by atoms with Gasteiger partial charge in [0, 0.05) is 5.71 Å². The van der Waals surface area contributed by atoms with E-state index < -0.39 is 0 Å². The molecule has 3 rings (SSSR count). The molecule has 1 N–H and O–H groups in total. The van der Waals surface area contributed by atoms with Crippen LogP contribution in [0.15, 0.2) is 59.7 Å². The van der Waals surface area contributed by atoms with Crippen LogP contribution in [-0.4, -0.2) is 18.2 Å². The maximum absolute atomic E-state index is 12.8. The van der Waals surface area contributed by atoms with Crippen molar-refractivity contribution in [3.63, 3.8) is 0 Å². The van der Waals surface area contributed by atoms with E-state index in [2.05, 4.69) is 34.8 Å². The Kier molecular flexibility index (Phi) is 5.77. The lowest BCUT2D eigenvalue weighted by Crippen LogP contribution is -2.26. The van der Waals surface area contributed by atoms with Gasteiger partial charge in [-0.15, -0.1) is 0 Å². The summed E-state index contributed by atoms with van der Waals surface area (Å²) in [4.78, 5) is 11.8. The first-order valence-corrected chi connectivity index (χ1v) is 8.48. The van der Waals surface area contributed by atoms with Gasteiger partial charge in [-0.05, 0) is 61.4 Å². The van der Waals surface area contributed by atoms with Crippen LogP contribution in [0.5, 0.6) is 5.75 Å². The molecule has 4 nitrogen and oxygen atoms in total. The zero-order valence-corrected chi connectivity index (χ0v) is 14.0. The number of hydrogen-bond acceptors (Lipinski definition) is 3. The first-order chi connectivity index (χ1) is 12.2. The van der Waals surface area contributed by atoms with E-state index in [-0.39, 0.29) is 18.3 Å². The summed E-state index contributed by atoms with van der Waals surface area (Å²) in [5.41, 5.74) is 4.93. The van der Waals surface area contributed by atoms with E-state index in [0.717, 1.165) is 31.4 Å². The van der Waals surface area contributed by atoms with Gasteiger partial charge in [0.05, 0.1) is 0 Å². The van der Waals surface area contributed by atoms with Crippen molar-refractivity contribution in [2.45, 2.75) is 31.6 Å². The van der Waals surface area contributed by atoms with E-state index >= 15 is 0 Å². The topological polar surface area (TPSA) is 50.7 Å². The van der Waals surface area contributed by atoms with Crippen molar-refractivity contribution in [2.75, 3.05) is 6.61 Å². The minimum atomic E-state index is -0.339. The third kappa shape index (κ3) is 5.14. The standard InChI is InChI=1S/C20H21FN2O2/c21-17-8-12-19(13-9-17)25-14-20(24)23-22-18-10-6-16(7-11-18)15-4-2-1-3-5-15/h1-5,8-9,12-13,16H,6-7,10-11,14H2,(H,23,24).